The first-order valence-corrected chi connectivity index (χ1v) is 38.1. The van der Waals surface area contributed by atoms with Gasteiger partial charge in [0, 0.05) is 72.2 Å². The number of carboxylic acid groups (broad SMARTS) is 2. The Morgan fingerprint density at radius 2 is 1.01 bits per heavy atom. The van der Waals surface area contributed by atoms with E-state index in [-0.39, 0.29) is 69.3 Å². The summed E-state index contributed by atoms with van der Waals surface area (Å²) in [6.45, 7) is 36.8. The number of carbonyl (C=O) groups excluding carboxylic acids is 2. The first-order valence-electron chi connectivity index (χ1n) is 38.1. The van der Waals surface area contributed by atoms with Gasteiger partial charge in [-0.25, -0.2) is 39.5 Å². The van der Waals surface area contributed by atoms with Crippen molar-refractivity contribution in [3.05, 3.63) is 189 Å². The van der Waals surface area contributed by atoms with Gasteiger partial charge in [-0.3, -0.25) is 48.3 Å². The number of nitrogens with one attached hydrogen (secondary N) is 6. The lowest BCUT2D eigenvalue weighted by molar-refractivity contribution is -0.155. The number of benzene rings is 4. The van der Waals surface area contributed by atoms with Gasteiger partial charge in [-0.15, -0.1) is 0 Å². The predicted molar refractivity (Wildman–Crippen MR) is 442 cm³/mol. The summed E-state index contributed by atoms with van der Waals surface area (Å²) in [5, 5.41) is 33.1. The number of aliphatic carboxylic acids is 2. The molecule has 4 aromatic carbocycles. The van der Waals surface area contributed by atoms with Gasteiger partial charge >= 0.3 is 29.3 Å². The molecule has 0 unspecified atom stereocenters. The van der Waals surface area contributed by atoms with Crippen molar-refractivity contribution < 1.29 is 44.0 Å². The highest BCUT2D eigenvalue weighted by Crippen LogP contribution is 2.38. The number of nitrogens with zero attached hydrogens (tertiary/aromatic N) is 13. The van der Waals surface area contributed by atoms with Crippen molar-refractivity contribution in [3.8, 4) is 23.0 Å². The average molecular weight is 1590 g/mol. The minimum absolute atomic E-state index is 0.0535. The molecule has 0 saturated heterocycles. The Morgan fingerprint density at radius 3 is 1.49 bits per heavy atom. The second kappa shape index (κ2) is 38.5. The van der Waals surface area contributed by atoms with E-state index >= 15 is 0 Å². The van der Waals surface area contributed by atoms with E-state index in [1.807, 2.05) is 146 Å². The van der Waals surface area contributed by atoms with Gasteiger partial charge < -0.3 is 69.2 Å². The first kappa shape index (κ1) is 87.4. The monoisotopic (exact) mass is 1590 g/mol. The Bertz CT molecular complexity index is 5960. The molecule has 1 atom stereocenters. The van der Waals surface area contributed by atoms with Crippen molar-refractivity contribution in [1.82, 2.24) is 74.5 Å². The van der Waals surface area contributed by atoms with Gasteiger partial charge in [0.15, 0.2) is 45.4 Å². The summed E-state index contributed by atoms with van der Waals surface area (Å²) in [5.74, 6) is -1.04. The number of aromatic amines is 4. The van der Waals surface area contributed by atoms with Crippen molar-refractivity contribution in [3.63, 3.8) is 0 Å². The quantitative estimate of drug-likeness (QED) is 0.0119. The summed E-state index contributed by atoms with van der Waals surface area (Å²) in [4.78, 5) is 168. The van der Waals surface area contributed by atoms with Crippen LogP contribution in [-0.2, 0) is 41.7 Å². The van der Waals surface area contributed by atoms with E-state index in [0.717, 1.165) is 111 Å². The number of H-pyrrole nitrogens is 4. The Balaban J connectivity index is 0.000000177. The molecule has 116 heavy (non-hydrogen) atoms. The van der Waals surface area contributed by atoms with Crippen LogP contribution < -0.4 is 75.7 Å². The van der Waals surface area contributed by atoms with Gasteiger partial charge in [-0.1, -0.05) is 32.6 Å². The number of hydrogen-bond acceptors (Lipinski definition) is 25. The molecule has 6 aliphatic rings. The molecule has 0 fully saturated rings. The molecule has 0 saturated carbocycles. The zero-order valence-corrected chi connectivity index (χ0v) is 67.8. The number of anilines is 4. The highest BCUT2D eigenvalue weighted by atomic mass is 16.6. The minimum atomic E-state index is -1.25. The van der Waals surface area contributed by atoms with Crippen LogP contribution in [0.1, 0.15) is 129 Å². The van der Waals surface area contributed by atoms with Crippen LogP contribution in [0.3, 0.4) is 0 Å². The van der Waals surface area contributed by atoms with Crippen LogP contribution in [-0.4, -0.2) is 175 Å². The SMILES string of the molecule is C=C(O)CCCN(C)CCn1c2nc(=O)[nH]c(=O)c-2nc2cc(C)c(C)cc21.C=c1nc2c(c(=O)[nH]1)=Nc1cc(C)c(C)cc1N2CCN[C@@H](CC(=O)O)C(=O)O.C=c1nc2c(c(=O)[nH]1)=Nc1cc(C)c(C)cc1N2CCOCCCC(=O)OC(C)(C)C.CNC(=O)CCCCCCn1c2nc(=O)[nH]c(=O)c-2nc2cc(C)c(C)cc21. The number of aliphatic hydroxyl groups is 1. The molecular weight excluding hydrogens is 1490 g/mol. The van der Waals surface area contributed by atoms with Gasteiger partial charge in [0.25, 0.3) is 22.2 Å². The van der Waals surface area contributed by atoms with Crippen LogP contribution in [0.15, 0.2) is 99.6 Å². The molecule has 6 aliphatic heterocycles. The highest BCUT2D eigenvalue weighted by Gasteiger charge is 2.29. The lowest BCUT2D eigenvalue weighted by Crippen LogP contribution is -2.46. The van der Waals surface area contributed by atoms with Gasteiger partial charge in [0.1, 0.15) is 22.6 Å². The number of ether oxygens (including phenoxy) is 2. The number of aliphatic hydroxyl groups excluding tert-OH is 1. The molecule has 2 aromatic heterocycles. The van der Waals surface area contributed by atoms with E-state index in [1.54, 1.807) is 11.9 Å². The summed E-state index contributed by atoms with van der Waals surface area (Å²) in [5.41, 5.74) is 11.9. The summed E-state index contributed by atoms with van der Waals surface area (Å²) in [6.07, 6.45) is 5.80. The van der Waals surface area contributed by atoms with Crippen LogP contribution in [0.4, 0.5) is 34.4 Å². The molecule has 34 nitrogen and oxygen atoms in total. The molecule has 8 heterocycles. The summed E-state index contributed by atoms with van der Waals surface area (Å²) in [6, 6.07) is 14.5. The number of likely N-dealkylation sites (N-methyl/N-ethyl adjacent to an activating group) is 1. The Labute approximate surface area is 666 Å². The van der Waals surface area contributed by atoms with Gasteiger partial charge in [0.05, 0.1) is 63.6 Å². The molecule has 0 radical (unpaired) electrons. The van der Waals surface area contributed by atoms with Crippen molar-refractivity contribution in [1.29, 1.82) is 0 Å². The largest absolute Gasteiger partial charge is 0.513 e. The number of carboxylic acids is 2. The van der Waals surface area contributed by atoms with Crippen LogP contribution >= 0.6 is 0 Å². The van der Waals surface area contributed by atoms with E-state index in [1.165, 1.54) is 0 Å². The van der Waals surface area contributed by atoms with E-state index < -0.39 is 58.1 Å². The number of esters is 1. The number of unbranched alkanes of at least 4 members (excludes halogenated alkanes) is 3. The van der Waals surface area contributed by atoms with Crippen LogP contribution in [0.2, 0.25) is 0 Å². The Hall–Kier alpha value is -12.6. The third kappa shape index (κ3) is 22.5. The molecule has 12 rings (SSSR count). The van der Waals surface area contributed by atoms with E-state index in [0.29, 0.717) is 105 Å². The number of amides is 1. The van der Waals surface area contributed by atoms with Crippen LogP contribution in [0.25, 0.3) is 58.3 Å². The number of aromatic nitrogens is 12. The number of allylic oxidation sites excluding steroid dienone is 1. The maximum atomic E-state index is 12.4. The Kier molecular flexibility index (Phi) is 29.0. The molecule has 6 aromatic rings. The average Bonchev–Trinajstić information content (AvgIpc) is 0.775. The van der Waals surface area contributed by atoms with Gasteiger partial charge in [-0.05, 0) is 208 Å². The smallest absolute Gasteiger partial charge is 0.349 e. The fraction of sp³-hybridized carbons (Fsp3) is 0.415. The lowest BCUT2D eigenvalue weighted by atomic mass is 10.1. The number of fused-ring (bicyclic) bond motifs is 8. The van der Waals surface area contributed by atoms with Crippen LogP contribution in [0, 0.1) is 55.4 Å². The first-order chi connectivity index (χ1) is 54.9. The molecule has 9 N–H and O–H groups in total. The normalized spacial score (nSPS) is 12.2. The molecular formula is C82H101N19O15. The maximum Gasteiger partial charge on any atom is 0.349 e. The highest BCUT2D eigenvalue weighted by molar-refractivity contribution is 5.84. The van der Waals surface area contributed by atoms with E-state index in [4.69, 9.17) is 14.6 Å². The summed E-state index contributed by atoms with van der Waals surface area (Å²) in [7, 11) is 3.63. The minimum Gasteiger partial charge on any atom is -0.513 e. The summed E-state index contributed by atoms with van der Waals surface area (Å²) < 4.78 is 14.9. The Morgan fingerprint density at radius 1 is 0.534 bits per heavy atom. The standard InChI is InChI=1S/C23H30N4O4.2C20H25N5O3.C19H21N5O5/c1-14-12-17-18(13-15(14)2)27(21-20(26-17)22(29)25-16(3)24-21)9-11-30-10-7-8-19(28)31-23(4,5)6;1-12-10-15-16(11-13(12)2)25(9-8-24(4)7-5-6-14(3)26)18-17(21-15)19(27)23-20(28)22-18;1-12-10-14-15(11-13(12)2)25(9-7-5-4-6-8-16(26)21-3)18-17(22-14)19(27)24-20(28)23-18;1-9-6-12-14(7-10(9)2)24(5-4-20-13(19(28)29)8-15(25)26)17-16(23-12)18(27)22-11(3)21-17/h12-13H,3,7-11H2,1-2,4-6H3,(H,25,29);10-11,26H,3,5-9H2,1-2,4H3,(H,23,27,28);10-11H,4-9H2,1-3H3,(H,21,26)(H,24,27,28);6-7,13,20H,3-5,8H2,1-2H3,(H,22,27)(H,25,26)(H,28,29)/t;;;13-/m...0/s1. The molecule has 614 valence electrons. The maximum absolute atomic E-state index is 12.4. The van der Waals surface area contributed by atoms with Crippen LogP contribution in [0.5, 0.6) is 0 Å². The number of carbonyl (C=O) groups is 4. The molecule has 0 spiro atoms. The molecule has 0 bridgehead atoms. The third-order valence-corrected chi connectivity index (χ3v) is 19.5. The second-order valence-corrected chi connectivity index (χ2v) is 29.8. The van der Waals surface area contributed by atoms with Gasteiger partial charge in [0.2, 0.25) is 5.91 Å². The number of rotatable bonds is 28. The predicted octanol–water partition coefficient (Wildman–Crippen LogP) is 5.94. The van der Waals surface area contributed by atoms with Crippen molar-refractivity contribution >= 4 is 93.4 Å². The van der Waals surface area contributed by atoms with Crippen molar-refractivity contribution in [2.24, 2.45) is 9.98 Å². The number of hydrogen-bond donors (Lipinski definition) is 9. The molecule has 1 amide bonds. The van der Waals surface area contributed by atoms with Crippen molar-refractivity contribution in [2.75, 3.05) is 69.8 Å². The molecule has 34 heteroatoms. The second-order valence-electron chi connectivity index (χ2n) is 29.8. The molecule has 0 aliphatic carbocycles. The third-order valence-electron chi connectivity index (χ3n) is 19.5. The fourth-order valence-electron chi connectivity index (χ4n) is 12.9. The summed E-state index contributed by atoms with van der Waals surface area (Å²) >= 11 is 0. The van der Waals surface area contributed by atoms with E-state index in [9.17, 15) is 58.2 Å². The number of aryl methyl sites for hydroxylation is 9. The zero-order chi connectivity index (χ0) is 84.7. The zero-order valence-electron chi connectivity index (χ0n) is 67.8. The van der Waals surface area contributed by atoms with Crippen molar-refractivity contribution in [2.45, 2.75) is 165 Å². The van der Waals surface area contributed by atoms with E-state index in [2.05, 4.69) is 95.1 Å². The van der Waals surface area contributed by atoms with Gasteiger partial charge in [-0.2, -0.15) is 9.97 Å². The fourth-order valence-corrected chi connectivity index (χ4v) is 12.9. The topological polar surface area (TPSA) is 459 Å². The lowest BCUT2D eigenvalue weighted by Gasteiger charge is -2.29.